The van der Waals surface area contributed by atoms with E-state index in [2.05, 4.69) is 19.1 Å². The van der Waals surface area contributed by atoms with Crippen LogP contribution in [0.4, 0.5) is 4.39 Å². The van der Waals surface area contributed by atoms with Crippen LogP contribution in [0.1, 0.15) is 17.2 Å². The van der Waals surface area contributed by atoms with Crippen molar-refractivity contribution in [2.24, 2.45) is 5.73 Å². The second-order valence-electron chi connectivity index (χ2n) is 4.23. The van der Waals surface area contributed by atoms with E-state index >= 15 is 0 Å². The van der Waals surface area contributed by atoms with Gasteiger partial charge in [0.05, 0.1) is 0 Å². The van der Waals surface area contributed by atoms with Crippen molar-refractivity contribution in [3.63, 3.8) is 0 Å². The number of hydrogen-bond acceptors (Lipinski definition) is 2. The second-order valence-corrected chi connectivity index (χ2v) is 5.32. The third-order valence-electron chi connectivity index (χ3n) is 2.83. The largest absolute Gasteiger partial charge is 0.323 e. The minimum Gasteiger partial charge on any atom is -0.323 e. The van der Waals surface area contributed by atoms with Gasteiger partial charge >= 0.3 is 0 Å². The van der Waals surface area contributed by atoms with Gasteiger partial charge in [-0.25, -0.2) is 4.39 Å². The minimum absolute atomic E-state index is 0.00116. The van der Waals surface area contributed by atoms with Gasteiger partial charge in [0.25, 0.3) is 0 Å². The van der Waals surface area contributed by atoms with Crippen LogP contribution in [0.5, 0.6) is 0 Å². The fourth-order valence-corrected chi connectivity index (χ4v) is 2.69. The van der Waals surface area contributed by atoms with Crippen molar-refractivity contribution in [1.82, 2.24) is 0 Å². The monoisotopic (exact) mass is 261 g/mol. The zero-order chi connectivity index (χ0) is 13.0. The van der Waals surface area contributed by atoms with Crippen molar-refractivity contribution in [2.75, 3.05) is 5.75 Å². The van der Waals surface area contributed by atoms with Gasteiger partial charge in [-0.3, -0.25) is 0 Å². The van der Waals surface area contributed by atoms with Crippen molar-refractivity contribution >= 4 is 11.8 Å². The maximum Gasteiger partial charge on any atom is 0.123 e. The standard InChI is InChI=1S/C15H16FNS/c1-11-4-2-3-5-14(11)15(17)10-18-13-8-6-12(16)7-9-13/h2-9,15H,10,17H2,1H3. The maximum absolute atomic E-state index is 12.8. The molecule has 2 N–H and O–H groups in total. The quantitative estimate of drug-likeness (QED) is 0.844. The van der Waals surface area contributed by atoms with E-state index in [0.29, 0.717) is 0 Å². The first-order valence-corrected chi connectivity index (χ1v) is 6.85. The molecule has 2 rings (SSSR count). The smallest absolute Gasteiger partial charge is 0.123 e. The van der Waals surface area contributed by atoms with Gasteiger partial charge in [-0.15, -0.1) is 11.8 Å². The average molecular weight is 261 g/mol. The Morgan fingerprint density at radius 3 is 2.44 bits per heavy atom. The molecule has 0 aliphatic rings. The van der Waals surface area contributed by atoms with Crippen LogP contribution in [-0.4, -0.2) is 5.75 Å². The number of aryl methyl sites for hydroxylation is 1. The summed E-state index contributed by atoms with van der Waals surface area (Å²) < 4.78 is 12.8. The molecule has 0 aliphatic carbocycles. The highest BCUT2D eigenvalue weighted by atomic mass is 32.2. The molecule has 0 aliphatic heterocycles. The molecule has 3 heteroatoms. The molecule has 2 aromatic rings. The van der Waals surface area contributed by atoms with E-state index in [-0.39, 0.29) is 11.9 Å². The Labute approximate surface area is 111 Å². The van der Waals surface area contributed by atoms with E-state index in [0.717, 1.165) is 10.6 Å². The SMILES string of the molecule is Cc1ccccc1C(N)CSc1ccc(F)cc1. The molecule has 0 saturated carbocycles. The molecule has 0 fully saturated rings. The number of rotatable bonds is 4. The van der Waals surface area contributed by atoms with Gasteiger partial charge in [0.1, 0.15) is 5.82 Å². The lowest BCUT2D eigenvalue weighted by Gasteiger charge is -2.14. The van der Waals surface area contributed by atoms with Gasteiger partial charge in [-0.05, 0) is 42.3 Å². The number of thioether (sulfide) groups is 1. The van der Waals surface area contributed by atoms with E-state index in [1.54, 1.807) is 23.9 Å². The van der Waals surface area contributed by atoms with Gasteiger partial charge < -0.3 is 5.73 Å². The number of hydrogen-bond donors (Lipinski definition) is 1. The summed E-state index contributed by atoms with van der Waals surface area (Å²) in [6.45, 7) is 2.07. The first-order valence-electron chi connectivity index (χ1n) is 5.86. The Morgan fingerprint density at radius 1 is 1.11 bits per heavy atom. The molecule has 0 spiro atoms. The highest BCUT2D eigenvalue weighted by Gasteiger charge is 2.08. The Kier molecular flexibility index (Phi) is 4.39. The van der Waals surface area contributed by atoms with Crippen LogP contribution < -0.4 is 5.73 Å². The predicted octanol–water partition coefficient (Wildman–Crippen LogP) is 3.93. The normalized spacial score (nSPS) is 12.4. The molecule has 0 saturated heterocycles. The molecule has 0 amide bonds. The lowest BCUT2D eigenvalue weighted by atomic mass is 10.0. The zero-order valence-corrected chi connectivity index (χ0v) is 11.1. The van der Waals surface area contributed by atoms with Gasteiger partial charge in [0.15, 0.2) is 0 Å². The summed E-state index contributed by atoms with van der Waals surface area (Å²) in [6.07, 6.45) is 0. The van der Waals surface area contributed by atoms with Crippen LogP contribution in [0, 0.1) is 12.7 Å². The van der Waals surface area contributed by atoms with E-state index in [4.69, 9.17) is 5.73 Å². The average Bonchev–Trinajstić information content (AvgIpc) is 2.38. The molecule has 1 unspecified atom stereocenters. The lowest BCUT2D eigenvalue weighted by molar-refractivity contribution is 0.626. The lowest BCUT2D eigenvalue weighted by Crippen LogP contribution is -2.14. The zero-order valence-electron chi connectivity index (χ0n) is 10.3. The Morgan fingerprint density at radius 2 is 1.78 bits per heavy atom. The van der Waals surface area contributed by atoms with Crippen LogP contribution in [0.3, 0.4) is 0 Å². The van der Waals surface area contributed by atoms with E-state index in [9.17, 15) is 4.39 Å². The first-order chi connectivity index (χ1) is 8.66. The first kappa shape index (κ1) is 13.1. The summed E-state index contributed by atoms with van der Waals surface area (Å²) in [4.78, 5) is 1.04. The topological polar surface area (TPSA) is 26.0 Å². The highest BCUT2D eigenvalue weighted by molar-refractivity contribution is 7.99. The molecule has 0 radical (unpaired) electrons. The van der Waals surface area contributed by atoms with Crippen molar-refractivity contribution in [2.45, 2.75) is 17.9 Å². The van der Waals surface area contributed by atoms with Gasteiger partial charge in [-0.1, -0.05) is 24.3 Å². The van der Waals surface area contributed by atoms with E-state index in [1.807, 2.05) is 12.1 Å². The Bertz CT molecular complexity index is 510. The number of benzene rings is 2. The molecule has 1 atom stereocenters. The Hall–Kier alpha value is -1.32. The van der Waals surface area contributed by atoms with Gasteiger partial charge in [0, 0.05) is 16.7 Å². The Balaban J connectivity index is 1.98. The van der Waals surface area contributed by atoms with Crippen LogP contribution in [0.25, 0.3) is 0 Å². The van der Waals surface area contributed by atoms with Crippen molar-refractivity contribution < 1.29 is 4.39 Å². The summed E-state index contributed by atoms with van der Waals surface area (Å²) >= 11 is 1.65. The molecule has 0 heterocycles. The van der Waals surface area contributed by atoms with Crippen LogP contribution in [0.2, 0.25) is 0 Å². The van der Waals surface area contributed by atoms with Crippen molar-refractivity contribution in [3.05, 3.63) is 65.5 Å². The fourth-order valence-electron chi connectivity index (χ4n) is 1.81. The molecule has 1 nitrogen and oxygen atoms in total. The van der Waals surface area contributed by atoms with Crippen LogP contribution in [0.15, 0.2) is 53.4 Å². The van der Waals surface area contributed by atoms with E-state index in [1.165, 1.54) is 23.3 Å². The summed E-state index contributed by atoms with van der Waals surface area (Å²) in [6, 6.07) is 14.7. The molecule has 2 aromatic carbocycles. The summed E-state index contributed by atoms with van der Waals surface area (Å²) in [5, 5.41) is 0. The number of nitrogens with two attached hydrogens (primary N) is 1. The van der Waals surface area contributed by atoms with Crippen molar-refractivity contribution in [1.29, 1.82) is 0 Å². The molecular weight excluding hydrogens is 245 g/mol. The molecule has 0 aromatic heterocycles. The highest BCUT2D eigenvalue weighted by Crippen LogP contribution is 2.24. The third kappa shape index (κ3) is 3.34. The minimum atomic E-state index is -0.206. The fraction of sp³-hybridized carbons (Fsp3) is 0.200. The van der Waals surface area contributed by atoms with Gasteiger partial charge in [-0.2, -0.15) is 0 Å². The third-order valence-corrected chi connectivity index (χ3v) is 3.96. The molecular formula is C15H16FNS. The van der Waals surface area contributed by atoms with Gasteiger partial charge in [0.2, 0.25) is 0 Å². The summed E-state index contributed by atoms with van der Waals surface area (Å²) in [5.41, 5.74) is 8.56. The van der Waals surface area contributed by atoms with Crippen LogP contribution in [-0.2, 0) is 0 Å². The number of halogens is 1. The molecule has 18 heavy (non-hydrogen) atoms. The van der Waals surface area contributed by atoms with Crippen molar-refractivity contribution in [3.8, 4) is 0 Å². The molecule has 0 bridgehead atoms. The predicted molar refractivity (Wildman–Crippen MR) is 75.2 cm³/mol. The summed E-state index contributed by atoms with van der Waals surface area (Å²) in [7, 11) is 0. The summed E-state index contributed by atoms with van der Waals surface area (Å²) in [5.74, 6) is 0.582. The maximum atomic E-state index is 12.8. The second kappa shape index (κ2) is 6.03. The van der Waals surface area contributed by atoms with E-state index < -0.39 is 0 Å². The van der Waals surface area contributed by atoms with Crippen LogP contribution >= 0.6 is 11.8 Å². The molecule has 94 valence electrons.